The number of nitrogens with zero attached hydrogens (tertiary/aromatic N) is 2. The number of nitrogens with two attached hydrogens (primary N) is 1. The number of hydrogen-bond donors (Lipinski definition) is 2. The molecule has 1 saturated heterocycles. The van der Waals surface area contributed by atoms with Crippen LogP contribution < -0.4 is 10.6 Å². The van der Waals surface area contributed by atoms with Crippen molar-refractivity contribution < 1.29 is 9.94 Å². The van der Waals surface area contributed by atoms with Gasteiger partial charge in [-0.25, -0.2) is 0 Å². The van der Waals surface area contributed by atoms with Gasteiger partial charge in [0.1, 0.15) is 5.84 Å². The van der Waals surface area contributed by atoms with Crippen molar-refractivity contribution in [2.75, 3.05) is 24.6 Å². The van der Waals surface area contributed by atoms with Crippen LogP contribution in [0, 0.1) is 0 Å². The lowest BCUT2D eigenvalue weighted by atomic mass is 10.1. The Morgan fingerprint density at radius 1 is 1.35 bits per heavy atom. The van der Waals surface area contributed by atoms with Gasteiger partial charge < -0.3 is 20.6 Å². The highest BCUT2D eigenvalue weighted by atomic mass is 16.5. The van der Waals surface area contributed by atoms with Gasteiger partial charge in [-0.1, -0.05) is 23.4 Å². The molecule has 1 atom stereocenters. The number of amidine groups is 1. The van der Waals surface area contributed by atoms with Gasteiger partial charge in [0, 0.05) is 31.8 Å². The topological polar surface area (TPSA) is 71.1 Å². The van der Waals surface area contributed by atoms with Gasteiger partial charge in [-0.3, -0.25) is 0 Å². The van der Waals surface area contributed by atoms with Gasteiger partial charge in [0.05, 0.1) is 6.10 Å². The largest absolute Gasteiger partial charge is 0.409 e. The molecule has 0 spiro atoms. The number of rotatable bonds is 7. The standard InChI is InChI=1S/C15H23N3O2/c16-15(17-19)9-11-18(13-5-2-1-3-6-13)10-8-14-7-4-12-20-14/h1-3,5-6,14,19H,4,7-12H2,(H2,16,17). The fraction of sp³-hybridized carbons (Fsp3) is 0.533. The summed E-state index contributed by atoms with van der Waals surface area (Å²) in [6.45, 7) is 2.56. The number of ether oxygens (including phenoxy) is 1. The molecule has 1 aromatic rings. The summed E-state index contributed by atoms with van der Waals surface area (Å²) in [5, 5.41) is 11.7. The van der Waals surface area contributed by atoms with Crippen molar-refractivity contribution in [1.29, 1.82) is 0 Å². The maximum Gasteiger partial charge on any atom is 0.140 e. The smallest absolute Gasteiger partial charge is 0.140 e. The number of hydrogen-bond acceptors (Lipinski definition) is 4. The van der Waals surface area contributed by atoms with Gasteiger partial charge in [-0.2, -0.15) is 0 Å². The number of oxime groups is 1. The number of para-hydroxylation sites is 1. The molecule has 5 nitrogen and oxygen atoms in total. The van der Waals surface area contributed by atoms with E-state index in [1.165, 1.54) is 6.42 Å². The Morgan fingerprint density at radius 2 is 2.15 bits per heavy atom. The summed E-state index contributed by atoms with van der Waals surface area (Å²) in [4.78, 5) is 2.26. The van der Waals surface area contributed by atoms with Crippen molar-refractivity contribution in [2.45, 2.75) is 31.8 Å². The Labute approximate surface area is 120 Å². The zero-order valence-electron chi connectivity index (χ0n) is 11.7. The van der Waals surface area contributed by atoms with Gasteiger partial charge in [0.15, 0.2) is 0 Å². The first kappa shape index (κ1) is 14.7. The van der Waals surface area contributed by atoms with E-state index in [2.05, 4.69) is 22.2 Å². The highest BCUT2D eigenvalue weighted by molar-refractivity contribution is 5.80. The van der Waals surface area contributed by atoms with Crippen LogP contribution in [-0.2, 0) is 4.74 Å². The van der Waals surface area contributed by atoms with Crippen LogP contribution >= 0.6 is 0 Å². The van der Waals surface area contributed by atoms with Crippen LogP contribution in [0.25, 0.3) is 0 Å². The minimum atomic E-state index is 0.267. The second kappa shape index (κ2) is 7.75. The molecule has 0 aliphatic carbocycles. The minimum absolute atomic E-state index is 0.267. The fourth-order valence-electron chi connectivity index (χ4n) is 2.48. The third-order valence-electron chi connectivity index (χ3n) is 3.63. The van der Waals surface area contributed by atoms with Gasteiger partial charge in [0.2, 0.25) is 0 Å². The first-order valence-corrected chi connectivity index (χ1v) is 7.17. The Balaban J connectivity index is 1.92. The number of benzene rings is 1. The first-order valence-electron chi connectivity index (χ1n) is 7.17. The summed E-state index contributed by atoms with van der Waals surface area (Å²) in [7, 11) is 0. The molecule has 1 fully saturated rings. The lowest BCUT2D eigenvalue weighted by Gasteiger charge is -2.26. The molecule has 0 radical (unpaired) electrons. The third-order valence-corrected chi connectivity index (χ3v) is 3.63. The molecule has 0 amide bonds. The molecule has 1 unspecified atom stereocenters. The van der Waals surface area contributed by atoms with E-state index in [0.717, 1.165) is 38.2 Å². The minimum Gasteiger partial charge on any atom is -0.409 e. The van der Waals surface area contributed by atoms with Crippen molar-refractivity contribution in [1.82, 2.24) is 0 Å². The Morgan fingerprint density at radius 3 is 2.80 bits per heavy atom. The molecule has 2 rings (SSSR count). The van der Waals surface area contributed by atoms with E-state index in [1.807, 2.05) is 18.2 Å². The van der Waals surface area contributed by atoms with Crippen LogP contribution in [0.4, 0.5) is 5.69 Å². The quantitative estimate of drug-likeness (QED) is 0.347. The van der Waals surface area contributed by atoms with E-state index in [0.29, 0.717) is 12.5 Å². The third kappa shape index (κ3) is 4.42. The Kier molecular flexibility index (Phi) is 5.68. The molecule has 0 saturated carbocycles. The molecular weight excluding hydrogens is 254 g/mol. The molecule has 1 heterocycles. The molecule has 5 heteroatoms. The zero-order chi connectivity index (χ0) is 14.2. The highest BCUT2D eigenvalue weighted by Gasteiger charge is 2.17. The predicted octanol–water partition coefficient (Wildman–Crippen LogP) is 2.20. The van der Waals surface area contributed by atoms with Crippen LogP contribution in [0.5, 0.6) is 0 Å². The van der Waals surface area contributed by atoms with Crippen molar-refractivity contribution in [3.05, 3.63) is 30.3 Å². The van der Waals surface area contributed by atoms with Crippen LogP contribution in [-0.4, -0.2) is 36.8 Å². The summed E-state index contributed by atoms with van der Waals surface area (Å²) in [5.41, 5.74) is 6.73. The summed E-state index contributed by atoms with van der Waals surface area (Å²) in [5.74, 6) is 0.267. The summed E-state index contributed by atoms with van der Waals surface area (Å²) < 4.78 is 5.67. The van der Waals surface area contributed by atoms with E-state index < -0.39 is 0 Å². The van der Waals surface area contributed by atoms with Gasteiger partial charge >= 0.3 is 0 Å². The molecule has 3 N–H and O–H groups in total. The van der Waals surface area contributed by atoms with E-state index in [1.54, 1.807) is 0 Å². The molecule has 1 aromatic carbocycles. The lowest BCUT2D eigenvalue weighted by molar-refractivity contribution is 0.106. The molecular formula is C15H23N3O2. The summed E-state index contributed by atoms with van der Waals surface area (Å²) in [6, 6.07) is 10.2. The average Bonchev–Trinajstić information content (AvgIpc) is 3.01. The number of anilines is 1. The molecule has 0 bridgehead atoms. The van der Waals surface area contributed by atoms with Crippen molar-refractivity contribution >= 4 is 11.5 Å². The molecule has 1 aliphatic rings. The van der Waals surface area contributed by atoms with Crippen LogP contribution in [0.1, 0.15) is 25.7 Å². The van der Waals surface area contributed by atoms with Crippen molar-refractivity contribution in [3.8, 4) is 0 Å². The molecule has 0 aromatic heterocycles. The molecule has 1 aliphatic heterocycles. The van der Waals surface area contributed by atoms with E-state index in [9.17, 15) is 0 Å². The summed E-state index contributed by atoms with van der Waals surface area (Å²) in [6.07, 6.45) is 4.27. The summed E-state index contributed by atoms with van der Waals surface area (Å²) >= 11 is 0. The fourth-order valence-corrected chi connectivity index (χ4v) is 2.48. The Bertz CT molecular complexity index is 416. The normalized spacial score (nSPS) is 19.2. The second-order valence-corrected chi connectivity index (χ2v) is 5.09. The van der Waals surface area contributed by atoms with E-state index >= 15 is 0 Å². The molecule has 110 valence electrons. The monoisotopic (exact) mass is 277 g/mol. The van der Waals surface area contributed by atoms with Gasteiger partial charge in [-0.15, -0.1) is 0 Å². The van der Waals surface area contributed by atoms with Gasteiger partial charge in [-0.05, 0) is 31.4 Å². The molecule has 20 heavy (non-hydrogen) atoms. The lowest BCUT2D eigenvalue weighted by Crippen LogP contribution is -2.31. The maximum atomic E-state index is 8.65. The predicted molar refractivity (Wildman–Crippen MR) is 80.3 cm³/mol. The van der Waals surface area contributed by atoms with Gasteiger partial charge in [0.25, 0.3) is 0 Å². The first-order chi connectivity index (χ1) is 9.79. The Hall–Kier alpha value is -1.75. The maximum absolute atomic E-state index is 8.65. The van der Waals surface area contributed by atoms with Crippen molar-refractivity contribution in [3.63, 3.8) is 0 Å². The highest BCUT2D eigenvalue weighted by Crippen LogP contribution is 2.19. The average molecular weight is 277 g/mol. The SMILES string of the molecule is NC(CCN(CCC1CCCO1)c1ccccc1)=NO. The van der Waals surface area contributed by atoms with Crippen molar-refractivity contribution in [2.24, 2.45) is 10.9 Å². The van der Waals surface area contributed by atoms with Crippen LogP contribution in [0.3, 0.4) is 0 Å². The van der Waals surface area contributed by atoms with E-state index in [4.69, 9.17) is 15.7 Å². The second-order valence-electron chi connectivity index (χ2n) is 5.09. The van der Waals surface area contributed by atoms with E-state index in [-0.39, 0.29) is 5.84 Å². The van der Waals surface area contributed by atoms with Crippen LogP contribution in [0.2, 0.25) is 0 Å². The van der Waals surface area contributed by atoms with Crippen LogP contribution in [0.15, 0.2) is 35.5 Å². The zero-order valence-corrected chi connectivity index (χ0v) is 11.7.